The molecule has 3 saturated heterocycles. The Bertz CT molecular complexity index is 6950. The van der Waals surface area contributed by atoms with Gasteiger partial charge < -0.3 is 59.8 Å². The van der Waals surface area contributed by atoms with Gasteiger partial charge in [0.25, 0.3) is 34.4 Å². The van der Waals surface area contributed by atoms with Crippen LogP contribution in [0.5, 0.6) is 17.2 Å². The Morgan fingerprint density at radius 1 is 0.418 bits per heavy atom. The van der Waals surface area contributed by atoms with Crippen LogP contribution in [-0.4, -0.2) is 195 Å². The summed E-state index contributed by atoms with van der Waals surface area (Å²) in [4.78, 5) is 149. The van der Waals surface area contributed by atoms with Crippen LogP contribution in [0.1, 0.15) is 114 Å². The van der Waals surface area contributed by atoms with Crippen LogP contribution in [-0.2, 0) is 24.0 Å². The molecule has 5 amide bonds. The van der Waals surface area contributed by atoms with Crippen LogP contribution >= 0.6 is 34.8 Å². The molecule has 0 radical (unpaired) electrons. The summed E-state index contributed by atoms with van der Waals surface area (Å²) >= 11 is 20.2. The van der Waals surface area contributed by atoms with E-state index in [4.69, 9.17) is 34.8 Å². The zero-order chi connectivity index (χ0) is 96.9. The maximum absolute atomic E-state index is 17.3. The van der Waals surface area contributed by atoms with Crippen LogP contribution in [0.3, 0.4) is 0 Å². The van der Waals surface area contributed by atoms with Gasteiger partial charge in [-0.1, -0.05) is 108 Å². The number of phenols is 3. The minimum Gasteiger partial charge on any atom is -0.507 e. The molecule has 0 saturated carbocycles. The van der Waals surface area contributed by atoms with Crippen molar-refractivity contribution in [2.24, 2.45) is 0 Å². The number of aromatic hydroxyl groups is 3. The van der Waals surface area contributed by atoms with E-state index in [1.54, 1.807) is 44.4 Å². The quantitative estimate of drug-likeness (QED) is 0.0690. The molecule has 4 N–H and O–H groups in total. The van der Waals surface area contributed by atoms with E-state index < -0.39 is 139 Å². The number of aryl methyl sites for hydroxylation is 3. The molecule has 6 aromatic heterocycles. The molecule has 6 aliphatic heterocycles. The highest BCUT2D eigenvalue weighted by molar-refractivity contribution is 6.36. The van der Waals surface area contributed by atoms with Crippen LogP contribution in [0.25, 0.3) is 83.2 Å². The number of phenolic OH excluding ortho intramolecular Hbond substituents is 3. The standard InChI is InChI=1S/2C33H31ClF2N6O4.C30H29ClF2N6O3/c2*1-7-23(44)40-13-21-32(45)39(6)31-30(41(21)12-16(40)4)18-11-19(34)24(25-20(35)9-8-10-22(25)43)26(36)29(18)42(33(31)46)28-17(5)37-14-38-27(28)15(2)3;1-13(2)24-25(15(4)35-12-36-24)39-26-16(9-17(31)21(23(26)33)22-18(32)7-6-8-20(22)40)27-28(30(39)42)37(5)29(41)19-10-34-14(3)11-38(19)27/h2*7-11,14-16,21,43H,1,12-13H2,2-6H3;6-9,12-14,19,34,40H,10-11H2,1-5H3/t2*16-,21-;14-,19-/m111/s1. The minimum absolute atomic E-state index is 0.000259. The summed E-state index contributed by atoms with van der Waals surface area (Å²) < 4.78 is 101. The Hall–Kier alpha value is -13.8. The number of carbonyl (C=O) groups is 5. The molecule has 6 aromatic carbocycles. The second-order valence-electron chi connectivity index (χ2n) is 34.9. The van der Waals surface area contributed by atoms with Gasteiger partial charge in [-0.25, -0.2) is 56.2 Å². The fourth-order valence-electron chi connectivity index (χ4n) is 19.4. The normalized spacial score (nSPS) is 18.1. The molecule has 38 heteroatoms. The summed E-state index contributed by atoms with van der Waals surface area (Å²) in [5.41, 5.74) is -1.48. The van der Waals surface area contributed by atoms with E-state index in [0.717, 1.165) is 27.3 Å². The number of carbonyl (C=O) groups excluding carboxylic acids is 5. The van der Waals surface area contributed by atoms with E-state index in [1.165, 1.54) is 136 Å². The number of nitrogens with zero attached hydrogens (tertiary/aromatic N) is 17. The van der Waals surface area contributed by atoms with Crippen molar-refractivity contribution in [2.45, 2.75) is 137 Å². The zero-order valence-electron chi connectivity index (χ0n) is 75.3. The van der Waals surface area contributed by atoms with Crippen LogP contribution in [0.4, 0.5) is 60.5 Å². The maximum Gasteiger partial charge on any atom is 0.281 e. The van der Waals surface area contributed by atoms with Gasteiger partial charge >= 0.3 is 0 Å². The number of likely N-dealkylation sites (N-methyl/N-ethyl adjacent to an activating group) is 3. The van der Waals surface area contributed by atoms with Crippen LogP contribution < -0.4 is 51.4 Å². The van der Waals surface area contributed by atoms with Gasteiger partial charge in [-0.3, -0.25) is 52.1 Å². The third-order valence-corrected chi connectivity index (χ3v) is 26.5. The Morgan fingerprint density at radius 3 is 0.978 bits per heavy atom. The number of hydrogen-bond acceptors (Lipinski definition) is 21. The van der Waals surface area contributed by atoms with Crippen molar-refractivity contribution < 1.29 is 65.6 Å². The number of nitrogens with one attached hydrogen (secondary N) is 1. The predicted molar refractivity (Wildman–Crippen MR) is 502 cm³/mol. The van der Waals surface area contributed by atoms with E-state index in [1.807, 2.05) is 53.4 Å². The molecule has 29 nitrogen and oxygen atoms in total. The number of benzene rings is 6. The lowest BCUT2D eigenvalue weighted by atomic mass is 9.95. The van der Waals surface area contributed by atoms with Gasteiger partial charge in [0.2, 0.25) is 11.8 Å². The van der Waals surface area contributed by atoms with Crippen LogP contribution in [0.2, 0.25) is 15.1 Å². The molecular weight excluding hydrogens is 1800 g/mol. The topological polar surface area (TPSA) is 327 Å². The lowest BCUT2D eigenvalue weighted by Crippen LogP contribution is -2.66. The van der Waals surface area contributed by atoms with Crippen molar-refractivity contribution >= 4 is 131 Å². The summed E-state index contributed by atoms with van der Waals surface area (Å²) in [5.74, 6) is -9.97. The molecule has 18 rings (SSSR count). The smallest absolute Gasteiger partial charge is 0.281 e. The number of anilines is 6. The number of amides is 5. The summed E-state index contributed by atoms with van der Waals surface area (Å²) in [5, 5.41) is 35.1. The first kappa shape index (κ1) is 93.5. The lowest BCUT2D eigenvalue weighted by Gasteiger charge is -2.50. The lowest BCUT2D eigenvalue weighted by molar-refractivity contribution is -0.132. The maximum atomic E-state index is 17.3. The predicted octanol–water partition coefficient (Wildman–Crippen LogP) is 14.8. The van der Waals surface area contributed by atoms with Crippen molar-refractivity contribution in [2.75, 3.05) is 89.8 Å². The third-order valence-electron chi connectivity index (χ3n) is 25.7. The van der Waals surface area contributed by atoms with Crippen molar-refractivity contribution in [1.82, 2.24) is 58.7 Å². The van der Waals surface area contributed by atoms with E-state index >= 15 is 26.3 Å². The van der Waals surface area contributed by atoms with E-state index in [9.17, 15) is 53.7 Å². The fraction of sp³-hybridized carbons (Fsp3) is 0.312. The molecule has 0 spiro atoms. The van der Waals surface area contributed by atoms with E-state index in [0.29, 0.717) is 52.9 Å². The monoisotopic (exact) mass is 1890 g/mol. The molecule has 12 heterocycles. The number of aromatic nitrogens is 9. The number of hydrogen-bond donors (Lipinski definition) is 4. The average molecular weight is 1890 g/mol. The highest BCUT2D eigenvalue weighted by atomic mass is 35.5. The number of pyridine rings is 3. The largest absolute Gasteiger partial charge is 0.507 e. The fourth-order valence-corrected chi connectivity index (χ4v) is 20.2. The van der Waals surface area contributed by atoms with Gasteiger partial charge in [0.15, 0.2) is 17.5 Å². The molecule has 0 bridgehead atoms. The van der Waals surface area contributed by atoms with Crippen molar-refractivity contribution in [3.63, 3.8) is 0 Å². The highest BCUT2D eigenvalue weighted by Gasteiger charge is 2.51. The molecule has 12 aromatic rings. The summed E-state index contributed by atoms with van der Waals surface area (Å²) in [6.07, 6.45) is 6.42. The van der Waals surface area contributed by atoms with Gasteiger partial charge in [-0.2, -0.15) is 0 Å². The van der Waals surface area contributed by atoms with Crippen LogP contribution in [0, 0.1) is 55.7 Å². The first-order chi connectivity index (χ1) is 63.5. The van der Waals surface area contributed by atoms with Gasteiger partial charge in [0.05, 0.1) is 130 Å². The van der Waals surface area contributed by atoms with Crippen molar-refractivity contribution in [3.05, 3.63) is 232 Å². The Labute approximate surface area is 778 Å². The van der Waals surface area contributed by atoms with Gasteiger partial charge in [0.1, 0.15) is 88.9 Å². The summed E-state index contributed by atoms with van der Waals surface area (Å²) in [6, 6.07) is 11.7. The first-order valence-corrected chi connectivity index (χ1v) is 44.1. The second kappa shape index (κ2) is 35.3. The van der Waals surface area contributed by atoms with Gasteiger partial charge in [0, 0.05) is 98.3 Å². The molecule has 694 valence electrons. The Balaban J connectivity index is 0.000000146. The molecule has 6 atom stereocenters. The molecule has 134 heavy (non-hydrogen) atoms. The Kier molecular flexibility index (Phi) is 24.6. The summed E-state index contributed by atoms with van der Waals surface area (Å²) in [6.45, 7) is 29.9. The molecule has 0 aliphatic carbocycles. The number of halogens is 9. The van der Waals surface area contributed by atoms with Crippen molar-refractivity contribution in [1.29, 1.82) is 0 Å². The van der Waals surface area contributed by atoms with Gasteiger partial charge in [-0.05, 0) is 126 Å². The second-order valence-corrected chi connectivity index (χ2v) is 36.1. The van der Waals surface area contributed by atoms with E-state index in [-0.39, 0.29) is 167 Å². The molecule has 0 unspecified atom stereocenters. The summed E-state index contributed by atoms with van der Waals surface area (Å²) in [7, 11) is 4.43. The van der Waals surface area contributed by atoms with Crippen molar-refractivity contribution in [3.8, 4) is 67.7 Å². The molecule has 6 aliphatic rings. The molecule has 3 fully saturated rings. The Morgan fingerprint density at radius 2 is 0.701 bits per heavy atom. The number of fused-ring (bicyclic) bond motifs is 15. The minimum atomic E-state index is -1.06. The average Bonchev–Trinajstić information content (AvgIpc) is 0.697. The first-order valence-electron chi connectivity index (χ1n) is 43.0. The number of rotatable bonds is 11. The zero-order valence-corrected chi connectivity index (χ0v) is 77.5. The highest BCUT2D eigenvalue weighted by Crippen LogP contribution is 2.53. The van der Waals surface area contributed by atoms with Gasteiger partial charge in [-0.15, -0.1) is 0 Å². The SMILES string of the molecule is C=CC(=O)N1C[C@@H]2C(=O)N(C)c3c(c4cc(Cl)c(-c5c(O)cccc5F)c(F)c4n(-c4c(C)ncnc4C(C)C)c3=O)N2C[C@H]1C.C=CC(=O)N1C[C@@H]2C(=O)N(C)c3c(c4cc(Cl)c(-c5c(O)cccc5F)c(F)c4n(-c4c(C)ncnc4C(C)C)c3=O)N2C[C@H]1C.Cc1ncnc(C(C)C)c1-n1c(=O)c2c(c3cc(Cl)c(-c4c(O)cccc4F)c(F)c31)N1C[C@@H](C)NC[C@@H]1C(=O)N2C. The number of piperazine rings is 3. The van der Waals surface area contributed by atoms with Crippen LogP contribution in [0.15, 0.2) is 131 Å². The third kappa shape index (κ3) is 14.8. The van der Waals surface area contributed by atoms with E-state index in [2.05, 4.69) is 48.4 Å². The molecular formula is C96H91Cl3F6N18O11.